The smallest absolute Gasteiger partial charge is 0.341 e. The molecule has 0 saturated carbocycles. The number of allylic oxidation sites excluding steroid dienone is 2. The Hall–Kier alpha value is -2.15. The number of carboxylic acid groups (broad SMARTS) is 1. The predicted octanol–water partition coefficient (Wildman–Crippen LogP) is 4.19. The van der Waals surface area contributed by atoms with Crippen LogP contribution in [-0.2, 0) is 27.2 Å². The Morgan fingerprint density at radius 3 is 2.57 bits per heavy atom. The first-order valence-corrected chi connectivity index (χ1v) is 10.8. The molecule has 3 atom stereocenters. The van der Waals surface area contributed by atoms with Gasteiger partial charge in [0.05, 0.1) is 23.5 Å². The molecule has 152 valence electrons. The molecular weight excluding hydrogens is 378 g/mol. The highest BCUT2D eigenvalue weighted by Crippen LogP contribution is 2.39. The minimum absolute atomic E-state index is 0.199. The fraction of sp³-hybridized carbons (Fsp3) is 0.571. The lowest BCUT2D eigenvalue weighted by Crippen LogP contribution is -2.35. The number of hydrogen-bond acceptors (Lipinski definition) is 5. The predicted molar refractivity (Wildman–Crippen MR) is 108 cm³/mol. The van der Waals surface area contributed by atoms with Crippen molar-refractivity contribution in [2.24, 2.45) is 11.8 Å². The zero-order valence-corrected chi connectivity index (χ0v) is 17.1. The quantitative estimate of drug-likeness (QED) is 0.547. The number of rotatable bonds is 6. The molecule has 1 heterocycles. The first-order valence-electron chi connectivity index (χ1n) is 9.96. The third-order valence-corrected chi connectivity index (χ3v) is 6.79. The average Bonchev–Trinajstić information content (AvgIpc) is 3.05. The van der Waals surface area contributed by atoms with Crippen LogP contribution in [-0.4, -0.2) is 29.1 Å². The van der Waals surface area contributed by atoms with Crippen LogP contribution in [0.25, 0.3) is 0 Å². The van der Waals surface area contributed by atoms with Gasteiger partial charge in [0.1, 0.15) is 5.00 Å². The summed E-state index contributed by atoms with van der Waals surface area (Å²) in [6.45, 7) is 3.80. The molecule has 0 fully saturated rings. The summed E-state index contributed by atoms with van der Waals surface area (Å²) in [5.74, 6) is -3.09. The molecule has 7 heteroatoms. The van der Waals surface area contributed by atoms with Crippen molar-refractivity contribution in [2.75, 3.05) is 5.32 Å². The second kappa shape index (κ2) is 8.90. The molecule has 0 aromatic carbocycles. The Balaban J connectivity index is 1.87. The van der Waals surface area contributed by atoms with Gasteiger partial charge in [-0.05, 0) is 57.4 Å². The minimum atomic E-state index is -0.966. The summed E-state index contributed by atoms with van der Waals surface area (Å²) in [4.78, 5) is 38.4. The molecule has 2 aliphatic carbocycles. The zero-order chi connectivity index (χ0) is 20.3. The summed E-state index contributed by atoms with van der Waals surface area (Å²) >= 11 is 1.43. The Morgan fingerprint density at radius 2 is 1.89 bits per heavy atom. The van der Waals surface area contributed by atoms with Gasteiger partial charge in [-0.25, -0.2) is 4.79 Å². The van der Waals surface area contributed by atoms with Crippen molar-refractivity contribution in [1.29, 1.82) is 0 Å². The molecular formula is C21H27NO5S. The molecule has 0 radical (unpaired) electrons. The summed E-state index contributed by atoms with van der Waals surface area (Å²) in [5, 5.41) is 12.8. The average molecular weight is 406 g/mol. The Bertz CT molecular complexity index is 797. The highest BCUT2D eigenvalue weighted by molar-refractivity contribution is 7.17. The SMILES string of the molecule is CC[C@H](C)OC(=O)c1c(NC(=O)[C@H]2CC=CC[C@@H]2C(=O)O)sc2c1CCCC2. The fourth-order valence-corrected chi connectivity index (χ4v) is 5.06. The molecule has 2 N–H and O–H groups in total. The maximum absolute atomic E-state index is 12.9. The van der Waals surface area contributed by atoms with Gasteiger partial charge in [-0.3, -0.25) is 9.59 Å². The third-order valence-electron chi connectivity index (χ3n) is 5.58. The summed E-state index contributed by atoms with van der Waals surface area (Å²) in [6.07, 6.45) is 8.68. The molecule has 28 heavy (non-hydrogen) atoms. The number of anilines is 1. The van der Waals surface area contributed by atoms with Gasteiger partial charge >= 0.3 is 11.9 Å². The fourth-order valence-electron chi connectivity index (χ4n) is 3.78. The normalized spacial score (nSPS) is 22.2. The minimum Gasteiger partial charge on any atom is -0.481 e. The van der Waals surface area contributed by atoms with Crippen molar-refractivity contribution in [2.45, 2.75) is 64.9 Å². The van der Waals surface area contributed by atoms with Crippen LogP contribution in [0, 0.1) is 11.8 Å². The van der Waals surface area contributed by atoms with Gasteiger partial charge in [-0.15, -0.1) is 11.3 Å². The topological polar surface area (TPSA) is 92.7 Å². The van der Waals surface area contributed by atoms with E-state index in [0.717, 1.165) is 36.1 Å². The number of aliphatic carboxylic acids is 1. The van der Waals surface area contributed by atoms with E-state index in [9.17, 15) is 19.5 Å². The van der Waals surface area contributed by atoms with Gasteiger partial charge in [-0.2, -0.15) is 0 Å². The van der Waals surface area contributed by atoms with Crippen LogP contribution in [0.5, 0.6) is 0 Å². The molecule has 2 aliphatic rings. The van der Waals surface area contributed by atoms with Gasteiger partial charge in [0.25, 0.3) is 0 Å². The second-order valence-corrected chi connectivity index (χ2v) is 8.63. The van der Waals surface area contributed by atoms with E-state index in [1.54, 1.807) is 6.08 Å². The number of amides is 1. The summed E-state index contributed by atoms with van der Waals surface area (Å²) in [7, 11) is 0. The third kappa shape index (κ3) is 4.29. The van der Waals surface area contributed by atoms with Crippen LogP contribution in [0.4, 0.5) is 5.00 Å². The first-order chi connectivity index (χ1) is 13.4. The Labute approximate surface area is 169 Å². The molecule has 3 rings (SSSR count). The van der Waals surface area contributed by atoms with Gasteiger partial charge in [0.2, 0.25) is 5.91 Å². The van der Waals surface area contributed by atoms with E-state index in [2.05, 4.69) is 5.32 Å². The highest BCUT2D eigenvalue weighted by Gasteiger charge is 2.35. The van der Waals surface area contributed by atoms with Crippen molar-refractivity contribution in [3.05, 3.63) is 28.2 Å². The van der Waals surface area contributed by atoms with Crippen LogP contribution in [0.1, 0.15) is 66.8 Å². The van der Waals surface area contributed by atoms with Crippen molar-refractivity contribution in [1.82, 2.24) is 0 Å². The van der Waals surface area contributed by atoms with E-state index in [4.69, 9.17) is 4.74 Å². The van der Waals surface area contributed by atoms with Crippen molar-refractivity contribution in [3.8, 4) is 0 Å². The number of ether oxygens (including phenoxy) is 1. The number of carbonyl (C=O) groups is 3. The van der Waals surface area contributed by atoms with Gasteiger partial charge in [0.15, 0.2) is 0 Å². The molecule has 1 aromatic rings. The number of fused-ring (bicyclic) bond motifs is 1. The van der Waals surface area contributed by atoms with Crippen molar-refractivity contribution >= 4 is 34.2 Å². The van der Waals surface area contributed by atoms with E-state index in [0.29, 0.717) is 29.8 Å². The number of carbonyl (C=O) groups excluding carboxylic acids is 2. The zero-order valence-electron chi connectivity index (χ0n) is 16.3. The molecule has 0 spiro atoms. The van der Waals surface area contributed by atoms with E-state index >= 15 is 0 Å². The number of thiophene rings is 1. The van der Waals surface area contributed by atoms with Crippen LogP contribution in [0.3, 0.4) is 0 Å². The summed E-state index contributed by atoms with van der Waals surface area (Å²) in [5.41, 5.74) is 1.45. The first kappa shape index (κ1) is 20.6. The maximum Gasteiger partial charge on any atom is 0.341 e. The maximum atomic E-state index is 12.9. The van der Waals surface area contributed by atoms with E-state index in [1.165, 1.54) is 11.3 Å². The number of nitrogens with one attached hydrogen (secondary N) is 1. The van der Waals surface area contributed by atoms with E-state index in [1.807, 2.05) is 19.9 Å². The lowest BCUT2D eigenvalue weighted by atomic mass is 9.82. The number of aryl methyl sites for hydroxylation is 1. The van der Waals surface area contributed by atoms with Crippen LogP contribution in [0.2, 0.25) is 0 Å². The standard InChI is InChI=1S/C21H27NO5S/c1-3-12(2)27-21(26)17-15-10-6-7-11-16(15)28-19(17)22-18(23)13-8-4-5-9-14(13)20(24)25/h4-5,12-14H,3,6-11H2,1-2H3,(H,22,23)(H,24,25)/t12-,13-,14-/m0/s1. The Kier molecular flexibility index (Phi) is 6.54. The van der Waals surface area contributed by atoms with E-state index in [-0.39, 0.29) is 12.0 Å². The second-order valence-electron chi connectivity index (χ2n) is 7.52. The molecule has 0 saturated heterocycles. The Morgan fingerprint density at radius 1 is 1.21 bits per heavy atom. The lowest BCUT2D eigenvalue weighted by molar-refractivity contribution is -0.146. The molecule has 0 aliphatic heterocycles. The van der Waals surface area contributed by atoms with E-state index < -0.39 is 23.8 Å². The van der Waals surface area contributed by atoms with Gasteiger partial charge in [0, 0.05) is 4.88 Å². The molecule has 0 unspecified atom stereocenters. The van der Waals surface area contributed by atoms with Crippen LogP contribution in [0.15, 0.2) is 12.2 Å². The van der Waals surface area contributed by atoms with Gasteiger partial charge in [-0.1, -0.05) is 19.1 Å². The van der Waals surface area contributed by atoms with Crippen molar-refractivity contribution < 1.29 is 24.2 Å². The lowest BCUT2D eigenvalue weighted by Gasteiger charge is -2.24. The molecule has 0 bridgehead atoms. The number of hydrogen-bond donors (Lipinski definition) is 2. The van der Waals surface area contributed by atoms with Gasteiger partial charge < -0.3 is 15.2 Å². The van der Waals surface area contributed by atoms with Crippen LogP contribution >= 0.6 is 11.3 Å². The number of esters is 1. The molecule has 1 amide bonds. The molecule has 6 nitrogen and oxygen atoms in total. The van der Waals surface area contributed by atoms with Crippen molar-refractivity contribution in [3.63, 3.8) is 0 Å². The largest absolute Gasteiger partial charge is 0.481 e. The monoisotopic (exact) mass is 405 g/mol. The summed E-state index contributed by atoms with van der Waals surface area (Å²) < 4.78 is 5.55. The molecule has 1 aromatic heterocycles. The summed E-state index contributed by atoms with van der Waals surface area (Å²) in [6, 6.07) is 0. The number of carboxylic acids is 1. The van der Waals surface area contributed by atoms with Crippen LogP contribution < -0.4 is 5.32 Å². The highest BCUT2D eigenvalue weighted by atomic mass is 32.1.